The van der Waals surface area contributed by atoms with E-state index < -0.39 is 23.8 Å². The Morgan fingerprint density at radius 3 is 2.23 bits per heavy atom. The third-order valence-electron chi connectivity index (χ3n) is 6.49. The summed E-state index contributed by atoms with van der Waals surface area (Å²) in [6.07, 6.45) is -0.738. The number of anilines is 1. The maximum atomic E-state index is 14.3. The van der Waals surface area contributed by atoms with Crippen molar-refractivity contribution in [3.8, 4) is 11.1 Å². The molecule has 1 aliphatic heterocycles. The number of ether oxygens (including phenoxy) is 1. The summed E-state index contributed by atoms with van der Waals surface area (Å²) in [5.41, 5.74) is 4.47. The van der Waals surface area contributed by atoms with Gasteiger partial charge in [0, 0.05) is 30.6 Å². The first-order valence-corrected chi connectivity index (χ1v) is 11.3. The Morgan fingerprint density at radius 2 is 1.60 bits per heavy atom. The number of hydrogen-bond donors (Lipinski definition) is 2. The van der Waals surface area contributed by atoms with Crippen LogP contribution in [-0.2, 0) is 9.53 Å². The summed E-state index contributed by atoms with van der Waals surface area (Å²) in [6, 6.07) is 19.7. The predicted molar refractivity (Wildman–Crippen MR) is 127 cm³/mol. The average Bonchev–Trinajstić information content (AvgIpc) is 3.14. The number of carbonyl (C=O) groups is 3. The van der Waals surface area contributed by atoms with Crippen LogP contribution in [0.3, 0.4) is 0 Å². The van der Waals surface area contributed by atoms with Gasteiger partial charge in [-0.1, -0.05) is 48.5 Å². The molecular formula is C27H23FN2O5. The molecule has 0 spiro atoms. The second kappa shape index (κ2) is 9.21. The molecule has 1 heterocycles. The third kappa shape index (κ3) is 4.47. The number of fused-ring (bicyclic) bond motifs is 3. The molecule has 3 aromatic carbocycles. The number of carboxylic acids is 1. The minimum atomic E-state index is -0.928. The number of nitrogens with zero attached hydrogens (tertiary/aromatic N) is 1. The van der Waals surface area contributed by atoms with E-state index in [-0.39, 0.29) is 49.2 Å². The minimum Gasteiger partial charge on any atom is -0.481 e. The van der Waals surface area contributed by atoms with Gasteiger partial charge in [0.15, 0.2) is 0 Å². The van der Waals surface area contributed by atoms with Crippen LogP contribution in [0.1, 0.15) is 33.8 Å². The smallest absolute Gasteiger partial charge is 0.411 e. The van der Waals surface area contributed by atoms with Crippen LogP contribution in [0.5, 0.6) is 0 Å². The van der Waals surface area contributed by atoms with Crippen LogP contribution in [0.15, 0.2) is 66.7 Å². The van der Waals surface area contributed by atoms with Gasteiger partial charge in [-0.05, 0) is 40.5 Å². The molecule has 2 aliphatic rings. The molecule has 0 radical (unpaired) electrons. The number of rotatable bonds is 6. The molecule has 1 aliphatic carbocycles. The van der Waals surface area contributed by atoms with E-state index in [1.807, 2.05) is 48.5 Å². The van der Waals surface area contributed by atoms with E-state index in [9.17, 15) is 18.8 Å². The molecule has 0 aromatic heterocycles. The Morgan fingerprint density at radius 1 is 0.971 bits per heavy atom. The van der Waals surface area contributed by atoms with Crippen LogP contribution in [0.4, 0.5) is 14.9 Å². The van der Waals surface area contributed by atoms with Crippen LogP contribution in [0.25, 0.3) is 11.1 Å². The summed E-state index contributed by atoms with van der Waals surface area (Å²) < 4.78 is 19.8. The molecule has 0 saturated carbocycles. The second-order valence-corrected chi connectivity index (χ2v) is 8.82. The standard InChI is InChI=1S/C27H23FN2O5/c28-24-10-9-17(12-22(24)26(33)30-13-16(14-30)11-25(31)32)29-27(34)35-15-23-20-7-3-1-5-18(20)19-6-2-4-8-21(19)23/h1-10,12,16,23H,11,13-15H2,(H,29,34)(H,31,32). The van der Waals surface area contributed by atoms with Crippen LogP contribution in [-0.4, -0.2) is 47.7 Å². The van der Waals surface area contributed by atoms with Gasteiger partial charge < -0.3 is 14.7 Å². The van der Waals surface area contributed by atoms with E-state index in [1.54, 1.807) is 0 Å². The van der Waals surface area contributed by atoms with Gasteiger partial charge in [-0.15, -0.1) is 0 Å². The van der Waals surface area contributed by atoms with Crippen LogP contribution < -0.4 is 5.32 Å². The van der Waals surface area contributed by atoms with E-state index in [0.29, 0.717) is 0 Å². The Bertz CT molecular complexity index is 1270. The zero-order valence-electron chi connectivity index (χ0n) is 18.7. The van der Waals surface area contributed by atoms with Crippen molar-refractivity contribution in [1.29, 1.82) is 0 Å². The van der Waals surface area contributed by atoms with Crippen molar-refractivity contribution in [2.45, 2.75) is 12.3 Å². The Labute approximate surface area is 201 Å². The van der Waals surface area contributed by atoms with Crippen LogP contribution in [0.2, 0.25) is 0 Å². The fourth-order valence-corrected chi connectivity index (χ4v) is 4.80. The minimum absolute atomic E-state index is 0.0321. The molecule has 178 valence electrons. The number of halogens is 1. The molecule has 8 heteroatoms. The molecule has 3 aromatic rings. The quantitative estimate of drug-likeness (QED) is 0.538. The maximum Gasteiger partial charge on any atom is 0.411 e. The monoisotopic (exact) mass is 474 g/mol. The Balaban J connectivity index is 1.23. The van der Waals surface area contributed by atoms with Crippen molar-refractivity contribution >= 4 is 23.7 Å². The fourth-order valence-electron chi connectivity index (χ4n) is 4.80. The Hall–Kier alpha value is -4.20. The lowest BCUT2D eigenvalue weighted by Gasteiger charge is -2.38. The van der Waals surface area contributed by atoms with Gasteiger partial charge in [0.25, 0.3) is 5.91 Å². The van der Waals surface area contributed by atoms with Crippen molar-refractivity contribution < 1.29 is 28.6 Å². The van der Waals surface area contributed by atoms with Crippen molar-refractivity contribution in [2.75, 3.05) is 25.0 Å². The van der Waals surface area contributed by atoms with E-state index >= 15 is 0 Å². The molecule has 0 bridgehead atoms. The molecule has 7 nitrogen and oxygen atoms in total. The zero-order chi connectivity index (χ0) is 24.5. The number of amides is 2. The first-order chi connectivity index (χ1) is 16.9. The second-order valence-electron chi connectivity index (χ2n) is 8.82. The number of likely N-dealkylation sites (tertiary alicyclic amines) is 1. The summed E-state index contributed by atoms with van der Waals surface area (Å²) in [7, 11) is 0. The highest BCUT2D eigenvalue weighted by Crippen LogP contribution is 2.44. The van der Waals surface area contributed by atoms with Gasteiger partial charge in [0.2, 0.25) is 0 Å². The highest BCUT2D eigenvalue weighted by molar-refractivity contribution is 5.97. The molecule has 1 fully saturated rings. The lowest BCUT2D eigenvalue weighted by Crippen LogP contribution is -2.50. The van der Waals surface area contributed by atoms with Gasteiger partial charge in [0.05, 0.1) is 12.0 Å². The molecule has 2 N–H and O–H groups in total. The van der Waals surface area contributed by atoms with E-state index in [1.165, 1.54) is 17.0 Å². The molecule has 0 atom stereocenters. The topological polar surface area (TPSA) is 95.9 Å². The molecule has 35 heavy (non-hydrogen) atoms. The molecule has 1 saturated heterocycles. The highest BCUT2D eigenvalue weighted by Gasteiger charge is 2.34. The lowest BCUT2D eigenvalue weighted by atomic mass is 9.95. The number of hydrogen-bond acceptors (Lipinski definition) is 4. The van der Waals surface area contributed by atoms with Gasteiger partial charge in [0.1, 0.15) is 12.4 Å². The van der Waals surface area contributed by atoms with Crippen molar-refractivity contribution in [3.05, 3.63) is 89.2 Å². The lowest BCUT2D eigenvalue weighted by molar-refractivity contribution is -0.139. The number of carbonyl (C=O) groups excluding carboxylic acids is 2. The summed E-state index contributed by atoms with van der Waals surface area (Å²) in [4.78, 5) is 37.4. The summed E-state index contributed by atoms with van der Waals surface area (Å²) in [5.74, 6) is -2.41. The third-order valence-corrected chi connectivity index (χ3v) is 6.49. The van der Waals surface area contributed by atoms with E-state index in [0.717, 1.165) is 28.3 Å². The largest absolute Gasteiger partial charge is 0.481 e. The SMILES string of the molecule is O=C(O)CC1CN(C(=O)c2cc(NC(=O)OCC3c4ccccc4-c4ccccc43)ccc2F)C1. The average molecular weight is 474 g/mol. The summed E-state index contributed by atoms with van der Waals surface area (Å²) >= 11 is 0. The van der Waals surface area contributed by atoms with E-state index in [2.05, 4.69) is 5.32 Å². The normalized spacial score (nSPS) is 14.6. The van der Waals surface area contributed by atoms with Gasteiger partial charge in [-0.2, -0.15) is 0 Å². The summed E-state index contributed by atoms with van der Waals surface area (Å²) in [6.45, 7) is 0.648. The van der Waals surface area contributed by atoms with Crippen LogP contribution >= 0.6 is 0 Å². The molecule has 5 rings (SSSR count). The number of carboxylic acid groups (broad SMARTS) is 1. The van der Waals surface area contributed by atoms with Gasteiger partial charge in [-0.25, -0.2) is 9.18 Å². The highest BCUT2D eigenvalue weighted by atomic mass is 19.1. The van der Waals surface area contributed by atoms with Gasteiger partial charge >= 0.3 is 12.1 Å². The summed E-state index contributed by atoms with van der Waals surface area (Å²) in [5, 5.41) is 11.4. The Kier molecular flexibility index (Phi) is 5.94. The number of nitrogens with one attached hydrogen (secondary N) is 1. The van der Waals surface area contributed by atoms with Crippen LogP contribution in [0, 0.1) is 11.7 Å². The number of benzene rings is 3. The fraction of sp³-hybridized carbons (Fsp3) is 0.222. The predicted octanol–water partition coefficient (Wildman–Crippen LogP) is 4.73. The van der Waals surface area contributed by atoms with Crippen molar-refractivity contribution in [1.82, 2.24) is 4.90 Å². The first kappa shape index (κ1) is 22.6. The molecule has 2 amide bonds. The maximum absolute atomic E-state index is 14.3. The molecular weight excluding hydrogens is 451 g/mol. The van der Waals surface area contributed by atoms with Gasteiger partial charge in [-0.3, -0.25) is 14.9 Å². The molecule has 0 unspecified atom stereocenters. The van der Waals surface area contributed by atoms with Crippen molar-refractivity contribution in [3.63, 3.8) is 0 Å². The van der Waals surface area contributed by atoms with E-state index in [4.69, 9.17) is 9.84 Å². The zero-order valence-corrected chi connectivity index (χ0v) is 18.7. The van der Waals surface area contributed by atoms with Crippen molar-refractivity contribution in [2.24, 2.45) is 5.92 Å². The number of aliphatic carboxylic acids is 1. The first-order valence-electron chi connectivity index (χ1n) is 11.3.